The largest absolute Gasteiger partial charge is 0.389 e. The van der Waals surface area contributed by atoms with Crippen molar-refractivity contribution in [1.29, 1.82) is 0 Å². The normalized spacial score (nSPS) is 16.1. The summed E-state index contributed by atoms with van der Waals surface area (Å²) in [5.74, 6) is 0. The molecule has 4 heteroatoms. The standard InChI is InChI=1S/C15H23Cl2NO/c1-4-8-15(3,19)10-18-14(5-2)11-6-7-12(16)13(17)9-11/h6-7,9,14,18-19H,4-5,8,10H2,1-3H3. The molecule has 2 atom stereocenters. The van der Waals surface area contributed by atoms with Crippen molar-refractivity contribution >= 4 is 23.2 Å². The van der Waals surface area contributed by atoms with Gasteiger partial charge >= 0.3 is 0 Å². The van der Waals surface area contributed by atoms with Crippen molar-refractivity contribution in [3.63, 3.8) is 0 Å². The second kappa shape index (κ2) is 7.49. The lowest BCUT2D eigenvalue weighted by molar-refractivity contribution is 0.0470. The van der Waals surface area contributed by atoms with Crippen LogP contribution in [-0.4, -0.2) is 17.3 Å². The Morgan fingerprint density at radius 3 is 2.47 bits per heavy atom. The highest BCUT2D eigenvalue weighted by molar-refractivity contribution is 6.42. The van der Waals surface area contributed by atoms with E-state index in [1.54, 1.807) is 0 Å². The summed E-state index contributed by atoms with van der Waals surface area (Å²) in [5, 5.41) is 14.7. The molecule has 0 aliphatic heterocycles. The number of hydrogen-bond donors (Lipinski definition) is 2. The van der Waals surface area contributed by atoms with E-state index in [0.29, 0.717) is 16.6 Å². The minimum atomic E-state index is -0.668. The zero-order valence-electron chi connectivity index (χ0n) is 11.8. The van der Waals surface area contributed by atoms with Gasteiger partial charge in [0, 0.05) is 12.6 Å². The Bertz CT molecular complexity index is 407. The highest BCUT2D eigenvalue weighted by Gasteiger charge is 2.21. The van der Waals surface area contributed by atoms with Gasteiger partial charge in [-0.1, -0.05) is 49.5 Å². The number of hydrogen-bond acceptors (Lipinski definition) is 2. The van der Waals surface area contributed by atoms with E-state index in [-0.39, 0.29) is 6.04 Å². The third-order valence-corrected chi connectivity index (χ3v) is 4.01. The molecule has 0 radical (unpaired) electrons. The van der Waals surface area contributed by atoms with Crippen molar-refractivity contribution in [2.45, 2.75) is 51.7 Å². The van der Waals surface area contributed by atoms with E-state index in [0.717, 1.165) is 24.8 Å². The first kappa shape index (κ1) is 16.8. The summed E-state index contributed by atoms with van der Waals surface area (Å²) in [6.07, 6.45) is 2.69. The summed E-state index contributed by atoms with van der Waals surface area (Å²) >= 11 is 12.0. The fraction of sp³-hybridized carbons (Fsp3) is 0.600. The third kappa shape index (κ3) is 5.31. The van der Waals surface area contributed by atoms with Crippen molar-refractivity contribution in [2.75, 3.05) is 6.54 Å². The molecule has 2 nitrogen and oxygen atoms in total. The molecular formula is C15H23Cl2NO. The van der Waals surface area contributed by atoms with E-state index in [9.17, 15) is 5.11 Å². The lowest BCUT2D eigenvalue weighted by Crippen LogP contribution is -2.39. The molecule has 19 heavy (non-hydrogen) atoms. The minimum Gasteiger partial charge on any atom is -0.389 e. The Morgan fingerprint density at radius 1 is 1.26 bits per heavy atom. The van der Waals surface area contributed by atoms with Crippen LogP contribution in [-0.2, 0) is 0 Å². The molecule has 2 N–H and O–H groups in total. The van der Waals surface area contributed by atoms with Gasteiger partial charge in [0.15, 0.2) is 0 Å². The van der Waals surface area contributed by atoms with Gasteiger partial charge in [0.25, 0.3) is 0 Å². The molecule has 0 saturated carbocycles. The maximum absolute atomic E-state index is 10.2. The van der Waals surface area contributed by atoms with Gasteiger partial charge < -0.3 is 10.4 Å². The van der Waals surface area contributed by atoms with Gasteiger partial charge in [0.1, 0.15) is 0 Å². The summed E-state index contributed by atoms with van der Waals surface area (Å²) in [7, 11) is 0. The molecule has 2 unspecified atom stereocenters. The molecule has 108 valence electrons. The number of aliphatic hydroxyl groups is 1. The lowest BCUT2D eigenvalue weighted by atomic mass is 9.98. The fourth-order valence-electron chi connectivity index (χ4n) is 2.20. The maximum Gasteiger partial charge on any atom is 0.0743 e. The Balaban J connectivity index is 2.70. The first-order valence-electron chi connectivity index (χ1n) is 6.80. The van der Waals surface area contributed by atoms with Crippen LogP contribution < -0.4 is 5.32 Å². The molecule has 0 saturated heterocycles. The Kier molecular flexibility index (Phi) is 6.61. The average Bonchev–Trinajstić information content (AvgIpc) is 2.34. The number of halogens is 2. The molecule has 0 aromatic heterocycles. The molecule has 0 fully saturated rings. The van der Waals surface area contributed by atoms with Crippen LogP contribution in [0.15, 0.2) is 18.2 Å². The predicted molar refractivity (Wildman–Crippen MR) is 83.0 cm³/mol. The second-order valence-electron chi connectivity index (χ2n) is 5.26. The Hall–Kier alpha value is -0.280. The van der Waals surface area contributed by atoms with E-state index >= 15 is 0 Å². The van der Waals surface area contributed by atoms with Crippen LogP contribution in [0.4, 0.5) is 0 Å². The zero-order valence-corrected chi connectivity index (χ0v) is 13.4. The van der Waals surface area contributed by atoms with E-state index in [4.69, 9.17) is 23.2 Å². The maximum atomic E-state index is 10.2. The Morgan fingerprint density at radius 2 is 1.95 bits per heavy atom. The summed E-state index contributed by atoms with van der Waals surface area (Å²) < 4.78 is 0. The second-order valence-corrected chi connectivity index (χ2v) is 6.08. The van der Waals surface area contributed by atoms with Gasteiger partial charge in [-0.2, -0.15) is 0 Å². The summed E-state index contributed by atoms with van der Waals surface area (Å²) in [4.78, 5) is 0. The summed E-state index contributed by atoms with van der Waals surface area (Å²) in [6.45, 7) is 6.62. The van der Waals surface area contributed by atoms with Crippen molar-refractivity contribution < 1.29 is 5.11 Å². The first-order valence-corrected chi connectivity index (χ1v) is 7.56. The van der Waals surface area contributed by atoms with Crippen molar-refractivity contribution in [3.8, 4) is 0 Å². The van der Waals surface area contributed by atoms with Gasteiger partial charge in [-0.15, -0.1) is 0 Å². The van der Waals surface area contributed by atoms with Crippen LogP contribution in [0.1, 0.15) is 51.6 Å². The highest BCUT2D eigenvalue weighted by Crippen LogP contribution is 2.27. The quantitative estimate of drug-likeness (QED) is 0.772. The molecular weight excluding hydrogens is 281 g/mol. The molecule has 1 aromatic rings. The van der Waals surface area contributed by atoms with Gasteiger partial charge in [-0.3, -0.25) is 0 Å². The van der Waals surface area contributed by atoms with Gasteiger partial charge in [-0.05, 0) is 37.5 Å². The minimum absolute atomic E-state index is 0.179. The zero-order chi connectivity index (χ0) is 14.5. The smallest absolute Gasteiger partial charge is 0.0743 e. The molecule has 0 aliphatic carbocycles. The Labute approximate surface area is 126 Å². The topological polar surface area (TPSA) is 32.3 Å². The van der Waals surface area contributed by atoms with E-state index in [2.05, 4.69) is 19.2 Å². The molecule has 1 rings (SSSR count). The van der Waals surface area contributed by atoms with E-state index < -0.39 is 5.60 Å². The summed E-state index contributed by atoms with van der Waals surface area (Å²) in [5.41, 5.74) is 0.433. The SMILES string of the molecule is CCCC(C)(O)CNC(CC)c1ccc(Cl)c(Cl)c1. The number of rotatable bonds is 7. The van der Waals surface area contributed by atoms with Crippen molar-refractivity contribution in [2.24, 2.45) is 0 Å². The molecule has 0 bridgehead atoms. The van der Waals surface area contributed by atoms with Gasteiger partial charge in [0.05, 0.1) is 15.6 Å². The molecule has 0 amide bonds. The van der Waals surface area contributed by atoms with Crippen LogP contribution in [0.2, 0.25) is 10.0 Å². The van der Waals surface area contributed by atoms with Crippen LogP contribution >= 0.6 is 23.2 Å². The predicted octanol–water partition coefficient (Wildman–Crippen LogP) is 4.59. The monoisotopic (exact) mass is 303 g/mol. The van der Waals surface area contributed by atoms with Crippen molar-refractivity contribution in [1.82, 2.24) is 5.32 Å². The highest BCUT2D eigenvalue weighted by atomic mass is 35.5. The van der Waals surface area contributed by atoms with Gasteiger partial charge in [0.2, 0.25) is 0 Å². The molecule has 0 heterocycles. The third-order valence-electron chi connectivity index (χ3n) is 3.27. The lowest BCUT2D eigenvalue weighted by Gasteiger charge is -2.27. The van der Waals surface area contributed by atoms with Crippen molar-refractivity contribution in [3.05, 3.63) is 33.8 Å². The van der Waals surface area contributed by atoms with Crippen LogP contribution in [0.25, 0.3) is 0 Å². The van der Waals surface area contributed by atoms with Crippen LogP contribution in [0.5, 0.6) is 0 Å². The van der Waals surface area contributed by atoms with Crippen LogP contribution in [0, 0.1) is 0 Å². The van der Waals surface area contributed by atoms with E-state index in [1.807, 2.05) is 25.1 Å². The first-order chi connectivity index (χ1) is 8.89. The number of nitrogens with one attached hydrogen (secondary N) is 1. The summed E-state index contributed by atoms with van der Waals surface area (Å²) in [6, 6.07) is 5.86. The average molecular weight is 304 g/mol. The molecule has 1 aromatic carbocycles. The number of benzene rings is 1. The molecule has 0 spiro atoms. The fourth-order valence-corrected chi connectivity index (χ4v) is 2.50. The van der Waals surface area contributed by atoms with Crippen LogP contribution in [0.3, 0.4) is 0 Å². The van der Waals surface area contributed by atoms with Gasteiger partial charge in [-0.25, -0.2) is 0 Å². The molecule has 0 aliphatic rings. The van der Waals surface area contributed by atoms with E-state index in [1.165, 1.54) is 0 Å².